The molecule has 0 aromatic heterocycles. The van der Waals surface area contributed by atoms with Crippen molar-refractivity contribution in [3.63, 3.8) is 0 Å². The van der Waals surface area contributed by atoms with Gasteiger partial charge in [0.2, 0.25) is 0 Å². The molecule has 0 spiro atoms. The summed E-state index contributed by atoms with van der Waals surface area (Å²) in [7, 11) is 0. The molecule has 1 atom stereocenters. The van der Waals surface area contributed by atoms with Gasteiger partial charge in [0.25, 0.3) is 0 Å². The zero-order valence-electron chi connectivity index (χ0n) is 17.8. The van der Waals surface area contributed by atoms with Crippen LogP contribution in [0.5, 0.6) is 11.5 Å². The number of likely N-dealkylation sites (tertiary alicyclic amines) is 1. The molecule has 4 rings (SSSR count). The maximum Gasteiger partial charge on any atom is 0.317 e. The second-order valence-electron chi connectivity index (χ2n) is 8.35. The molecule has 0 saturated carbocycles. The zero-order chi connectivity index (χ0) is 21.5. The highest BCUT2D eigenvalue weighted by molar-refractivity contribution is 5.76. The van der Waals surface area contributed by atoms with Gasteiger partial charge in [-0.25, -0.2) is 4.79 Å². The number of carbonyl (C=O) groups is 1. The fourth-order valence-electron chi connectivity index (χ4n) is 4.14. The normalized spacial score (nSPS) is 21.7. The molecule has 2 N–H and O–H groups in total. The third kappa shape index (κ3) is 6.12. The van der Waals surface area contributed by atoms with Gasteiger partial charge in [0, 0.05) is 26.2 Å². The van der Waals surface area contributed by atoms with Gasteiger partial charge in [-0.3, -0.25) is 4.90 Å². The molecular formula is C24H31N3O4. The number of piperidine rings is 1. The maximum absolute atomic E-state index is 11.5. The molecule has 7 heteroatoms. The molecule has 0 radical (unpaired) electrons. The highest BCUT2D eigenvalue weighted by Gasteiger charge is 2.34. The van der Waals surface area contributed by atoms with E-state index in [2.05, 4.69) is 22.3 Å². The Bertz CT molecular complexity index is 846. The van der Waals surface area contributed by atoms with Crippen molar-refractivity contribution in [1.29, 1.82) is 0 Å². The summed E-state index contributed by atoms with van der Waals surface area (Å²) < 4.78 is 11.6. The number of nitrogens with zero attached hydrogens (tertiary/aromatic N) is 2. The molecule has 2 aliphatic rings. The van der Waals surface area contributed by atoms with Crippen molar-refractivity contribution in [3.05, 3.63) is 60.2 Å². The number of hydrogen-bond acceptors (Lipinski definition) is 5. The summed E-state index contributed by atoms with van der Waals surface area (Å²) in [5.74, 6) is 1.59. The van der Waals surface area contributed by atoms with E-state index >= 15 is 0 Å². The van der Waals surface area contributed by atoms with Crippen LogP contribution in [0.3, 0.4) is 0 Å². The minimum absolute atomic E-state index is 0.0189. The first-order chi connectivity index (χ1) is 15.1. The number of ether oxygens (including phenoxy) is 2. The van der Waals surface area contributed by atoms with Gasteiger partial charge in [0.15, 0.2) is 0 Å². The number of aliphatic hydroxyl groups is 1. The number of para-hydroxylation sites is 1. The molecule has 7 nitrogen and oxygen atoms in total. The minimum Gasteiger partial charge on any atom is -0.492 e. The van der Waals surface area contributed by atoms with Gasteiger partial charge in [-0.2, -0.15) is 0 Å². The number of β-amino-alcohol motifs (C(OH)–C–C–N with tert-alkyl or cyclic N) is 1. The molecule has 166 valence electrons. The van der Waals surface area contributed by atoms with Crippen LogP contribution >= 0.6 is 0 Å². The number of amides is 2. The van der Waals surface area contributed by atoms with E-state index in [4.69, 9.17) is 9.47 Å². The predicted molar refractivity (Wildman–Crippen MR) is 118 cm³/mol. The molecule has 2 aromatic rings. The van der Waals surface area contributed by atoms with E-state index in [0.717, 1.165) is 44.0 Å². The van der Waals surface area contributed by atoms with Crippen molar-refractivity contribution in [2.75, 3.05) is 45.9 Å². The quantitative estimate of drug-likeness (QED) is 0.646. The molecule has 2 aliphatic heterocycles. The second kappa shape index (κ2) is 10.0. The Hall–Kier alpha value is -2.77. The largest absolute Gasteiger partial charge is 0.492 e. The van der Waals surface area contributed by atoms with E-state index in [1.54, 1.807) is 4.90 Å². The lowest BCUT2D eigenvalue weighted by atomic mass is 9.93. The van der Waals surface area contributed by atoms with Crippen LogP contribution in [0.4, 0.5) is 4.79 Å². The number of carbonyl (C=O) groups excluding carboxylic acids is 1. The fourth-order valence-corrected chi connectivity index (χ4v) is 4.14. The number of urea groups is 1. The highest BCUT2D eigenvalue weighted by Crippen LogP contribution is 2.24. The van der Waals surface area contributed by atoms with Crippen molar-refractivity contribution in [2.45, 2.75) is 25.0 Å². The van der Waals surface area contributed by atoms with Crippen LogP contribution in [0.1, 0.15) is 18.4 Å². The van der Waals surface area contributed by atoms with Crippen molar-refractivity contribution < 1.29 is 19.4 Å². The van der Waals surface area contributed by atoms with Crippen LogP contribution in [0.15, 0.2) is 54.6 Å². The van der Waals surface area contributed by atoms with E-state index in [9.17, 15) is 9.90 Å². The van der Waals surface area contributed by atoms with Crippen LogP contribution in [-0.4, -0.2) is 72.5 Å². The van der Waals surface area contributed by atoms with Crippen LogP contribution < -0.4 is 14.8 Å². The topological polar surface area (TPSA) is 74.3 Å². The summed E-state index contributed by atoms with van der Waals surface area (Å²) in [6, 6.07) is 17.7. The fraction of sp³-hybridized carbons (Fsp3) is 0.458. The minimum atomic E-state index is -0.834. The molecule has 2 amide bonds. The third-order valence-electron chi connectivity index (χ3n) is 5.79. The summed E-state index contributed by atoms with van der Waals surface area (Å²) in [5.41, 5.74) is 0.346. The van der Waals surface area contributed by atoms with Gasteiger partial charge >= 0.3 is 6.03 Å². The van der Waals surface area contributed by atoms with Gasteiger partial charge in [0.1, 0.15) is 30.3 Å². The molecule has 2 heterocycles. The Morgan fingerprint density at radius 2 is 1.77 bits per heavy atom. The van der Waals surface area contributed by atoms with Crippen LogP contribution in [-0.2, 0) is 6.54 Å². The van der Waals surface area contributed by atoms with Gasteiger partial charge in [-0.05, 0) is 49.2 Å². The first-order valence-corrected chi connectivity index (χ1v) is 11.0. The van der Waals surface area contributed by atoms with E-state index < -0.39 is 5.60 Å². The maximum atomic E-state index is 11.5. The Kier molecular flexibility index (Phi) is 6.94. The Balaban J connectivity index is 1.23. The summed E-state index contributed by atoms with van der Waals surface area (Å²) in [6.45, 7) is 5.15. The lowest BCUT2D eigenvalue weighted by Gasteiger charge is -2.39. The summed E-state index contributed by atoms with van der Waals surface area (Å²) in [6.07, 6.45) is 1.69. The Labute approximate surface area is 183 Å². The summed E-state index contributed by atoms with van der Waals surface area (Å²) >= 11 is 0. The average molecular weight is 426 g/mol. The third-order valence-corrected chi connectivity index (χ3v) is 5.79. The van der Waals surface area contributed by atoms with Gasteiger partial charge < -0.3 is 24.8 Å². The number of hydrogen-bond donors (Lipinski definition) is 2. The van der Waals surface area contributed by atoms with Gasteiger partial charge in [0.05, 0.1) is 6.54 Å². The van der Waals surface area contributed by atoms with Gasteiger partial charge in [-0.1, -0.05) is 30.3 Å². The van der Waals surface area contributed by atoms with E-state index in [1.165, 1.54) is 5.56 Å². The monoisotopic (exact) mass is 425 g/mol. The Morgan fingerprint density at radius 1 is 1.00 bits per heavy atom. The van der Waals surface area contributed by atoms with Crippen LogP contribution in [0.2, 0.25) is 0 Å². The number of rotatable bonds is 9. The standard InChI is InChI=1S/C24H31N3O4/c28-23-25-12-14-27(23)15-16-30-22-9-7-20(8-10-22)17-26-13-4-11-24(29,18-26)19-31-21-5-2-1-3-6-21/h1-3,5-10,29H,4,11-19H2,(H,25,28)/t24-/m0/s1. The van der Waals surface area contributed by atoms with Crippen molar-refractivity contribution in [2.24, 2.45) is 0 Å². The zero-order valence-corrected chi connectivity index (χ0v) is 17.8. The Morgan fingerprint density at radius 3 is 2.52 bits per heavy atom. The second-order valence-corrected chi connectivity index (χ2v) is 8.35. The first kappa shape index (κ1) is 21.5. The first-order valence-electron chi connectivity index (χ1n) is 11.0. The van der Waals surface area contributed by atoms with E-state index in [1.807, 2.05) is 42.5 Å². The highest BCUT2D eigenvalue weighted by atomic mass is 16.5. The number of benzene rings is 2. The summed E-state index contributed by atoms with van der Waals surface area (Å²) in [5, 5.41) is 13.8. The molecular weight excluding hydrogens is 394 g/mol. The van der Waals surface area contributed by atoms with Crippen LogP contribution in [0, 0.1) is 0 Å². The summed E-state index contributed by atoms with van der Waals surface area (Å²) in [4.78, 5) is 15.6. The van der Waals surface area contributed by atoms with Crippen molar-refractivity contribution >= 4 is 6.03 Å². The number of nitrogens with one attached hydrogen (secondary N) is 1. The smallest absolute Gasteiger partial charge is 0.317 e. The van der Waals surface area contributed by atoms with Crippen molar-refractivity contribution in [1.82, 2.24) is 15.1 Å². The predicted octanol–water partition coefficient (Wildman–Crippen LogP) is 2.50. The van der Waals surface area contributed by atoms with Gasteiger partial charge in [-0.15, -0.1) is 0 Å². The van der Waals surface area contributed by atoms with E-state index in [0.29, 0.717) is 32.8 Å². The molecule has 2 aromatic carbocycles. The van der Waals surface area contributed by atoms with Crippen molar-refractivity contribution in [3.8, 4) is 11.5 Å². The molecule has 0 unspecified atom stereocenters. The molecule has 2 fully saturated rings. The molecule has 2 saturated heterocycles. The average Bonchev–Trinajstić information content (AvgIpc) is 3.19. The lowest BCUT2D eigenvalue weighted by molar-refractivity contribution is -0.0621. The molecule has 0 bridgehead atoms. The SMILES string of the molecule is O=C1NCCN1CCOc1ccc(CN2CCC[C@@](O)(COc3ccccc3)C2)cc1. The van der Waals surface area contributed by atoms with E-state index in [-0.39, 0.29) is 6.03 Å². The van der Waals surface area contributed by atoms with Crippen LogP contribution in [0.25, 0.3) is 0 Å². The lowest BCUT2D eigenvalue weighted by Crippen LogP contribution is -2.51. The molecule has 0 aliphatic carbocycles. The molecule has 31 heavy (non-hydrogen) atoms.